The number of rotatable bonds is 6. The first-order valence-corrected chi connectivity index (χ1v) is 6.55. The summed E-state index contributed by atoms with van der Waals surface area (Å²) in [5.74, 6) is 1.35. The molecule has 2 heteroatoms. The van der Waals surface area contributed by atoms with Crippen molar-refractivity contribution >= 4 is 0 Å². The Morgan fingerprint density at radius 2 is 1.94 bits per heavy atom. The number of nitrogens with zero attached hydrogens (tertiary/aromatic N) is 2. The highest BCUT2D eigenvalue weighted by Crippen LogP contribution is 2.37. The highest BCUT2D eigenvalue weighted by molar-refractivity contribution is 4.95. The van der Waals surface area contributed by atoms with E-state index >= 15 is 0 Å². The highest BCUT2D eigenvalue weighted by Gasteiger charge is 2.36. The zero-order chi connectivity index (χ0) is 12.2. The van der Waals surface area contributed by atoms with Gasteiger partial charge < -0.3 is 4.57 Å². The standard InChI is InChI=1S/C14H26N2/c1-6-8-13(4)14(5,12(3)7-2)16-10-9-15-11-16/h9-13H,6-8H2,1-5H3. The van der Waals surface area contributed by atoms with Gasteiger partial charge in [-0.1, -0.05) is 40.5 Å². The van der Waals surface area contributed by atoms with Crippen LogP contribution in [-0.2, 0) is 5.54 Å². The third-order valence-electron chi connectivity index (χ3n) is 4.39. The minimum Gasteiger partial charge on any atom is -0.331 e. The molecular formula is C14H26N2. The summed E-state index contributed by atoms with van der Waals surface area (Å²) in [6.07, 6.45) is 9.71. The minimum atomic E-state index is 0.196. The molecule has 2 nitrogen and oxygen atoms in total. The van der Waals surface area contributed by atoms with Crippen molar-refractivity contribution in [2.24, 2.45) is 11.8 Å². The lowest BCUT2D eigenvalue weighted by Gasteiger charge is -2.42. The maximum atomic E-state index is 4.21. The molecule has 0 aliphatic carbocycles. The third-order valence-corrected chi connectivity index (χ3v) is 4.39. The van der Waals surface area contributed by atoms with Crippen LogP contribution >= 0.6 is 0 Å². The third kappa shape index (κ3) is 2.31. The van der Waals surface area contributed by atoms with Crippen LogP contribution in [0.15, 0.2) is 18.7 Å². The van der Waals surface area contributed by atoms with E-state index in [-0.39, 0.29) is 5.54 Å². The lowest BCUT2D eigenvalue weighted by molar-refractivity contribution is 0.112. The van der Waals surface area contributed by atoms with E-state index in [4.69, 9.17) is 0 Å². The molecule has 1 aromatic heterocycles. The Morgan fingerprint density at radius 1 is 1.25 bits per heavy atom. The zero-order valence-corrected chi connectivity index (χ0v) is 11.4. The lowest BCUT2D eigenvalue weighted by atomic mass is 9.73. The molecule has 16 heavy (non-hydrogen) atoms. The molecule has 0 aromatic carbocycles. The van der Waals surface area contributed by atoms with E-state index in [1.165, 1.54) is 19.3 Å². The van der Waals surface area contributed by atoms with Gasteiger partial charge in [-0.15, -0.1) is 0 Å². The van der Waals surface area contributed by atoms with Crippen LogP contribution in [0.4, 0.5) is 0 Å². The molecule has 0 N–H and O–H groups in total. The molecule has 92 valence electrons. The zero-order valence-electron chi connectivity index (χ0n) is 11.4. The van der Waals surface area contributed by atoms with Crippen LogP contribution in [0.2, 0.25) is 0 Å². The molecule has 0 saturated carbocycles. The average Bonchev–Trinajstić information content (AvgIpc) is 2.80. The molecule has 3 unspecified atom stereocenters. The molecule has 1 aromatic rings. The Kier molecular flexibility index (Phi) is 4.57. The molecule has 0 fully saturated rings. The largest absolute Gasteiger partial charge is 0.331 e. The van der Waals surface area contributed by atoms with Gasteiger partial charge in [-0.2, -0.15) is 0 Å². The van der Waals surface area contributed by atoms with Crippen LogP contribution in [0.1, 0.15) is 53.9 Å². The van der Waals surface area contributed by atoms with Gasteiger partial charge >= 0.3 is 0 Å². The highest BCUT2D eigenvalue weighted by atomic mass is 15.1. The van der Waals surface area contributed by atoms with Crippen molar-refractivity contribution < 1.29 is 0 Å². The minimum absolute atomic E-state index is 0.196. The molecule has 0 aliphatic heterocycles. The number of aromatic nitrogens is 2. The van der Waals surface area contributed by atoms with Gasteiger partial charge in [0.1, 0.15) is 0 Å². The molecule has 0 aliphatic rings. The fourth-order valence-electron chi connectivity index (χ4n) is 2.68. The number of imidazole rings is 1. The van der Waals surface area contributed by atoms with E-state index in [9.17, 15) is 0 Å². The number of hydrogen-bond donors (Lipinski definition) is 0. The molecule has 0 saturated heterocycles. The van der Waals surface area contributed by atoms with E-state index in [1.54, 1.807) is 0 Å². The fraction of sp³-hybridized carbons (Fsp3) is 0.786. The lowest BCUT2D eigenvalue weighted by Crippen LogP contribution is -2.42. The summed E-state index contributed by atoms with van der Waals surface area (Å²) in [6.45, 7) is 11.6. The number of hydrogen-bond acceptors (Lipinski definition) is 1. The van der Waals surface area contributed by atoms with E-state index in [0.717, 1.165) is 0 Å². The van der Waals surface area contributed by atoms with Crippen LogP contribution < -0.4 is 0 Å². The van der Waals surface area contributed by atoms with Crippen molar-refractivity contribution in [1.82, 2.24) is 9.55 Å². The van der Waals surface area contributed by atoms with Crippen molar-refractivity contribution in [3.05, 3.63) is 18.7 Å². The van der Waals surface area contributed by atoms with Gasteiger partial charge in [0.05, 0.1) is 6.33 Å². The Morgan fingerprint density at radius 3 is 2.38 bits per heavy atom. The van der Waals surface area contributed by atoms with Gasteiger partial charge in [0.15, 0.2) is 0 Å². The van der Waals surface area contributed by atoms with E-state index in [0.29, 0.717) is 11.8 Å². The average molecular weight is 222 g/mol. The Hall–Kier alpha value is -0.790. The molecule has 0 spiro atoms. The van der Waals surface area contributed by atoms with Crippen LogP contribution in [0.25, 0.3) is 0 Å². The second-order valence-corrected chi connectivity index (χ2v) is 5.19. The maximum Gasteiger partial charge on any atom is 0.0951 e. The van der Waals surface area contributed by atoms with E-state index < -0.39 is 0 Å². The fourth-order valence-corrected chi connectivity index (χ4v) is 2.68. The summed E-state index contributed by atoms with van der Waals surface area (Å²) in [4.78, 5) is 4.21. The molecular weight excluding hydrogens is 196 g/mol. The summed E-state index contributed by atoms with van der Waals surface area (Å²) in [5, 5.41) is 0. The van der Waals surface area contributed by atoms with Crippen LogP contribution in [0, 0.1) is 11.8 Å². The van der Waals surface area contributed by atoms with Crippen molar-refractivity contribution in [3.63, 3.8) is 0 Å². The van der Waals surface area contributed by atoms with Crippen LogP contribution in [0.5, 0.6) is 0 Å². The van der Waals surface area contributed by atoms with Crippen LogP contribution in [-0.4, -0.2) is 9.55 Å². The second-order valence-electron chi connectivity index (χ2n) is 5.19. The molecule has 0 bridgehead atoms. The maximum absolute atomic E-state index is 4.21. The molecule has 1 rings (SSSR count). The van der Waals surface area contributed by atoms with E-state index in [1.807, 2.05) is 12.5 Å². The predicted octanol–water partition coefficient (Wildman–Crippen LogP) is 4.08. The van der Waals surface area contributed by atoms with Gasteiger partial charge in [0, 0.05) is 17.9 Å². The summed E-state index contributed by atoms with van der Waals surface area (Å²) >= 11 is 0. The SMILES string of the molecule is CCCC(C)C(C)(C(C)CC)n1ccnc1. The Bertz CT molecular complexity index is 292. The van der Waals surface area contributed by atoms with Crippen molar-refractivity contribution in [2.45, 2.75) is 59.4 Å². The van der Waals surface area contributed by atoms with Crippen LogP contribution in [0.3, 0.4) is 0 Å². The van der Waals surface area contributed by atoms with E-state index in [2.05, 4.69) is 50.4 Å². The molecule has 1 heterocycles. The normalized spacial score (nSPS) is 19.1. The van der Waals surface area contributed by atoms with Gasteiger partial charge in [-0.05, 0) is 25.2 Å². The van der Waals surface area contributed by atoms with Gasteiger partial charge in [-0.25, -0.2) is 4.98 Å². The van der Waals surface area contributed by atoms with Crippen molar-refractivity contribution in [2.75, 3.05) is 0 Å². The Balaban J connectivity index is 3.02. The molecule has 3 atom stereocenters. The summed E-state index contributed by atoms with van der Waals surface area (Å²) in [5.41, 5.74) is 0.196. The predicted molar refractivity (Wildman–Crippen MR) is 69.4 cm³/mol. The Labute approximate surface area is 100 Å². The van der Waals surface area contributed by atoms with Gasteiger partial charge in [0.25, 0.3) is 0 Å². The first-order chi connectivity index (χ1) is 7.57. The smallest absolute Gasteiger partial charge is 0.0951 e. The topological polar surface area (TPSA) is 17.8 Å². The second kappa shape index (κ2) is 5.51. The van der Waals surface area contributed by atoms with Crippen molar-refractivity contribution in [1.29, 1.82) is 0 Å². The summed E-state index contributed by atoms with van der Waals surface area (Å²) in [6, 6.07) is 0. The first kappa shape index (κ1) is 13.3. The quantitative estimate of drug-likeness (QED) is 0.709. The summed E-state index contributed by atoms with van der Waals surface area (Å²) < 4.78 is 2.31. The van der Waals surface area contributed by atoms with Gasteiger partial charge in [-0.3, -0.25) is 0 Å². The van der Waals surface area contributed by atoms with Gasteiger partial charge in [0.2, 0.25) is 0 Å². The molecule has 0 amide bonds. The van der Waals surface area contributed by atoms with Crippen molar-refractivity contribution in [3.8, 4) is 0 Å². The summed E-state index contributed by atoms with van der Waals surface area (Å²) in [7, 11) is 0. The molecule has 0 radical (unpaired) electrons. The first-order valence-electron chi connectivity index (χ1n) is 6.55. The monoisotopic (exact) mass is 222 g/mol.